The zero-order valence-corrected chi connectivity index (χ0v) is 15.6. The smallest absolute Gasteiger partial charge is 0.410 e. The van der Waals surface area contributed by atoms with Crippen LogP contribution in [0.25, 0.3) is 0 Å². The van der Waals surface area contributed by atoms with E-state index >= 15 is 0 Å². The van der Waals surface area contributed by atoms with Crippen LogP contribution in [0.5, 0.6) is 0 Å². The summed E-state index contributed by atoms with van der Waals surface area (Å²) in [6.07, 6.45) is 0.303. The summed E-state index contributed by atoms with van der Waals surface area (Å²) in [5, 5.41) is 5.06. The van der Waals surface area contributed by atoms with Crippen LogP contribution < -0.4 is 5.14 Å². The molecule has 1 aliphatic rings. The van der Waals surface area contributed by atoms with Gasteiger partial charge in [0.1, 0.15) is 0 Å². The number of primary sulfonamides is 1. The number of ether oxygens (including phenoxy) is 1. The summed E-state index contributed by atoms with van der Waals surface area (Å²) in [5.41, 5.74) is 0.808. The SMILES string of the molecule is CCOC(=O)N(CCc1ccc(S(N)(=O)=O)cc1)C1CCS(=O)(=O)C1. The van der Waals surface area contributed by atoms with Crippen molar-refractivity contribution in [2.24, 2.45) is 5.14 Å². The van der Waals surface area contributed by atoms with Gasteiger partial charge in [0.25, 0.3) is 0 Å². The highest BCUT2D eigenvalue weighted by atomic mass is 32.2. The number of amides is 1. The van der Waals surface area contributed by atoms with E-state index in [-0.39, 0.29) is 29.6 Å². The molecule has 1 saturated heterocycles. The van der Waals surface area contributed by atoms with Crippen LogP contribution in [0, 0.1) is 0 Å². The van der Waals surface area contributed by atoms with Gasteiger partial charge in [0, 0.05) is 12.6 Å². The quantitative estimate of drug-likeness (QED) is 0.755. The zero-order valence-electron chi connectivity index (χ0n) is 13.9. The fourth-order valence-electron chi connectivity index (χ4n) is 2.75. The summed E-state index contributed by atoms with van der Waals surface area (Å²) in [7, 11) is -6.87. The fraction of sp³-hybridized carbons (Fsp3) is 0.533. The van der Waals surface area contributed by atoms with Crippen molar-refractivity contribution in [3.8, 4) is 0 Å². The maximum atomic E-state index is 12.2. The number of hydrogen-bond donors (Lipinski definition) is 1. The molecule has 10 heteroatoms. The molecular weight excluding hydrogens is 368 g/mol. The van der Waals surface area contributed by atoms with Crippen LogP contribution in [0.4, 0.5) is 4.79 Å². The van der Waals surface area contributed by atoms with E-state index in [0.29, 0.717) is 12.8 Å². The summed E-state index contributed by atoms with van der Waals surface area (Å²) in [5.74, 6) is 0.00674. The lowest BCUT2D eigenvalue weighted by atomic mass is 10.1. The molecule has 0 aliphatic carbocycles. The molecule has 0 radical (unpaired) electrons. The first-order valence-corrected chi connectivity index (χ1v) is 11.2. The topological polar surface area (TPSA) is 124 Å². The van der Waals surface area contributed by atoms with Crippen molar-refractivity contribution in [3.05, 3.63) is 29.8 Å². The molecule has 1 unspecified atom stereocenters. The van der Waals surface area contributed by atoms with E-state index in [2.05, 4.69) is 0 Å². The van der Waals surface area contributed by atoms with Gasteiger partial charge in [-0.25, -0.2) is 26.8 Å². The largest absolute Gasteiger partial charge is 0.450 e. The first kappa shape index (κ1) is 19.7. The van der Waals surface area contributed by atoms with Gasteiger partial charge in [0.15, 0.2) is 9.84 Å². The van der Waals surface area contributed by atoms with Crippen molar-refractivity contribution in [1.82, 2.24) is 4.90 Å². The number of carbonyl (C=O) groups excluding carboxylic acids is 1. The van der Waals surface area contributed by atoms with Crippen molar-refractivity contribution >= 4 is 26.0 Å². The summed E-state index contributed by atoms with van der Waals surface area (Å²) in [6.45, 7) is 2.18. The molecule has 1 fully saturated rings. The predicted molar refractivity (Wildman–Crippen MR) is 92.3 cm³/mol. The third-order valence-corrected chi connectivity index (χ3v) is 6.72. The van der Waals surface area contributed by atoms with Crippen LogP contribution in [0.1, 0.15) is 18.9 Å². The van der Waals surface area contributed by atoms with E-state index in [1.54, 1.807) is 19.1 Å². The van der Waals surface area contributed by atoms with Gasteiger partial charge in [-0.3, -0.25) is 0 Å². The molecule has 1 amide bonds. The van der Waals surface area contributed by atoms with Gasteiger partial charge in [0.2, 0.25) is 10.0 Å². The van der Waals surface area contributed by atoms with E-state index < -0.39 is 32.0 Å². The maximum absolute atomic E-state index is 12.2. The summed E-state index contributed by atoms with van der Waals surface area (Å²) in [6, 6.07) is 5.65. The minimum atomic E-state index is -3.75. The lowest BCUT2D eigenvalue weighted by molar-refractivity contribution is 0.0946. The van der Waals surface area contributed by atoms with Gasteiger partial charge in [0.05, 0.1) is 23.0 Å². The van der Waals surface area contributed by atoms with Gasteiger partial charge in [-0.1, -0.05) is 12.1 Å². The van der Waals surface area contributed by atoms with Gasteiger partial charge < -0.3 is 9.64 Å². The van der Waals surface area contributed by atoms with E-state index in [0.717, 1.165) is 5.56 Å². The third-order valence-electron chi connectivity index (χ3n) is 4.04. The zero-order chi connectivity index (χ0) is 18.7. The summed E-state index contributed by atoms with van der Waals surface area (Å²) >= 11 is 0. The lowest BCUT2D eigenvalue weighted by Crippen LogP contribution is -2.42. The molecule has 8 nitrogen and oxygen atoms in total. The Kier molecular flexibility index (Phi) is 6.07. The Balaban J connectivity index is 2.08. The molecule has 1 aliphatic heterocycles. The predicted octanol–water partition coefficient (Wildman–Crippen LogP) is 0.522. The highest BCUT2D eigenvalue weighted by Gasteiger charge is 2.35. The second-order valence-electron chi connectivity index (χ2n) is 5.89. The first-order valence-electron chi connectivity index (χ1n) is 7.88. The van der Waals surface area contributed by atoms with Gasteiger partial charge >= 0.3 is 6.09 Å². The molecule has 0 bridgehead atoms. The molecule has 2 N–H and O–H groups in total. The van der Waals surface area contributed by atoms with E-state index in [1.165, 1.54) is 17.0 Å². The van der Waals surface area contributed by atoms with Crippen molar-refractivity contribution in [2.45, 2.75) is 30.7 Å². The molecule has 1 aromatic carbocycles. The van der Waals surface area contributed by atoms with Crippen LogP contribution in [-0.4, -0.2) is 58.5 Å². The molecule has 1 heterocycles. The number of nitrogens with two attached hydrogens (primary N) is 1. The fourth-order valence-corrected chi connectivity index (χ4v) is 4.99. The monoisotopic (exact) mass is 390 g/mol. The van der Waals surface area contributed by atoms with Gasteiger partial charge in [-0.2, -0.15) is 0 Å². The van der Waals surface area contributed by atoms with Gasteiger partial charge in [-0.05, 0) is 37.5 Å². The molecule has 140 valence electrons. The molecular formula is C15H22N2O6S2. The second-order valence-corrected chi connectivity index (χ2v) is 9.68. The van der Waals surface area contributed by atoms with E-state index in [1.807, 2.05) is 0 Å². The Hall–Kier alpha value is -1.65. The highest BCUT2D eigenvalue weighted by Crippen LogP contribution is 2.19. The van der Waals surface area contributed by atoms with Crippen molar-refractivity contribution in [1.29, 1.82) is 0 Å². The Morgan fingerprint density at radius 2 is 1.96 bits per heavy atom. The van der Waals surface area contributed by atoms with E-state index in [9.17, 15) is 21.6 Å². The minimum Gasteiger partial charge on any atom is -0.450 e. The Morgan fingerprint density at radius 1 is 1.32 bits per heavy atom. The highest BCUT2D eigenvalue weighted by molar-refractivity contribution is 7.91. The molecule has 0 spiro atoms. The van der Waals surface area contributed by atoms with Crippen molar-refractivity contribution < 1.29 is 26.4 Å². The van der Waals surface area contributed by atoms with Crippen molar-refractivity contribution in [3.63, 3.8) is 0 Å². The summed E-state index contributed by atoms with van der Waals surface area (Å²) in [4.78, 5) is 13.6. The van der Waals surface area contributed by atoms with Crippen LogP contribution in [0.3, 0.4) is 0 Å². The van der Waals surface area contributed by atoms with Crippen LogP contribution in [0.15, 0.2) is 29.2 Å². The minimum absolute atomic E-state index is 0.0142. The lowest BCUT2D eigenvalue weighted by Gasteiger charge is -2.27. The Labute approximate surface area is 147 Å². The van der Waals surface area contributed by atoms with E-state index in [4.69, 9.17) is 9.88 Å². The van der Waals surface area contributed by atoms with Crippen LogP contribution in [0.2, 0.25) is 0 Å². The van der Waals surface area contributed by atoms with Crippen molar-refractivity contribution in [2.75, 3.05) is 24.7 Å². The first-order chi connectivity index (χ1) is 11.6. The standard InChI is InChI=1S/C15H22N2O6S2/c1-2-23-15(18)17(13-8-10-24(19,20)11-13)9-7-12-3-5-14(6-4-12)25(16,21)22/h3-6,13H,2,7-11H2,1H3,(H2,16,21,22). The normalized spacial score (nSPS) is 19.5. The Bertz CT molecular complexity index is 818. The third kappa shape index (κ3) is 5.41. The van der Waals surface area contributed by atoms with Gasteiger partial charge in [-0.15, -0.1) is 0 Å². The number of benzene rings is 1. The average molecular weight is 390 g/mol. The van der Waals surface area contributed by atoms with Crippen LogP contribution in [-0.2, 0) is 31.0 Å². The number of sulfone groups is 1. The Morgan fingerprint density at radius 3 is 2.44 bits per heavy atom. The molecule has 0 aromatic heterocycles. The molecule has 1 aromatic rings. The molecule has 25 heavy (non-hydrogen) atoms. The number of carbonyl (C=O) groups is 1. The number of rotatable bonds is 6. The number of sulfonamides is 1. The van der Waals surface area contributed by atoms with Crippen LogP contribution >= 0.6 is 0 Å². The average Bonchev–Trinajstić information content (AvgIpc) is 2.87. The summed E-state index contributed by atoms with van der Waals surface area (Å²) < 4.78 is 50.9. The molecule has 1 atom stereocenters. The molecule has 0 saturated carbocycles. The maximum Gasteiger partial charge on any atom is 0.410 e. The second kappa shape index (κ2) is 7.71. The number of hydrogen-bond acceptors (Lipinski definition) is 6. The number of nitrogens with zero attached hydrogens (tertiary/aromatic N) is 1. The molecule has 2 rings (SSSR count).